The van der Waals surface area contributed by atoms with Crippen molar-refractivity contribution in [3.63, 3.8) is 0 Å². The number of rotatable bonds is 12. The van der Waals surface area contributed by atoms with Gasteiger partial charge in [-0.1, -0.05) is 25.7 Å². The molecule has 1 aliphatic carbocycles. The molecule has 7 heteroatoms. The number of nitrogens with zero attached hydrogens (tertiary/aromatic N) is 2. The Morgan fingerprint density at radius 2 is 1.81 bits per heavy atom. The third-order valence-electron chi connectivity index (χ3n) is 4.54. The van der Waals surface area contributed by atoms with Gasteiger partial charge in [0.05, 0.1) is 19.3 Å². The zero-order valence-electron chi connectivity index (χ0n) is 17.1. The number of methoxy groups -OCH3 is 1. The number of likely N-dealkylation sites (N-methyl/N-ethyl adjacent to an activating group) is 1. The lowest BCUT2D eigenvalue weighted by Crippen LogP contribution is -2.39. The second-order valence-electron chi connectivity index (χ2n) is 6.82. The summed E-state index contributed by atoms with van der Waals surface area (Å²) in [7, 11) is 3.86. The fourth-order valence-corrected chi connectivity index (χ4v) is 3.04. The van der Waals surface area contributed by atoms with Crippen LogP contribution in [0.2, 0.25) is 0 Å². The topological polar surface area (TPSA) is 58.1 Å². The van der Waals surface area contributed by atoms with Crippen molar-refractivity contribution in [1.82, 2.24) is 15.5 Å². The molecule has 0 bridgehead atoms. The number of halogens is 1. The van der Waals surface area contributed by atoms with Gasteiger partial charge < -0.3 is 25.0 Å². The van der Waals surface area contributed by atoms with Gasteiger partial charge in [-0.05, 0) is 39.8 Å². The molecule has 26 heavy (non-hydrogen) atoms. The zero-order chi connectivity index (χ0) is 18.2. The Labute approximate surface area is 177 Å². The molecule has 1 rings (SSSR count). The maximum Gasteiger partial charge on any atom is 0.191 e. The molecule has 0 aliphatic heterocycles. The van der Waals surface area contributed by atoms with Crippen molar-refractivity contribution in [3.8, 4) is 0 Å². The van der Waals surface area contributed by atoms with Crippen molar-refractivity contribution >= 4 is 29.9 Å². The molecule has 0 aromatic heterocycles. The Morgan fingerprint density at radius 1 is 1.08 bits per heavy atom. The molecule has 0 aromatic carbocycles. The third kappa shape index (κ3) is 14.0. The van der Waals surface area contributed by atoms with Crippen molar-refractivity contribution in [2.45, 2.75) is 58.0 Å². The second-order valence-corrected chi connectivity index (χ2v) is 6.82. The van der Waals surface area contributed by atoms with Crippen molar-refractivity contribution < 1.29 is 9.47 Å². The predicted molar refractivity (Wildman–Crippen MR) is 121 cm³/mol. The van der Waals surface area contributed by atoms with E-state index in [2.05, 4.69) is 34.5 Å². The first-order chi connectivity index (χ1) is 12.3. The average Bonchev–Trinajstić information content (AvgIpc) is 2.89. The summed E-state index contributed by atoms with van der Waals surface area (Å²) in [6, 6.07) is 0. The highest BCUT2D eigenvalue weighted by molar-refractivity contribution is 14.0. The maximum atomic E-state index is 6.02. The Hall–Kier alpha value is -0.120. The second kappa shape index (κ2) is 18.3. The van der Waals surface area contributed by atoms with Crippen LogP contribution in [0.4, 0.5) is 0 Å². The molecule has 2 N–H and O–H groups in total. The number of hydrogen-bond donors (Lipinski definition) is 2. The van der Waals surface area contributed by atoms with Crippen LogP contribution in [0.5, 0.6) is 0 Å². The smallest absolute Gasteiger partial charge is 0.191 e. The van der Waals surface area contributed by atoms with Gasteiger partial charge in [-0.2, -0.15) is 0 Å². The van der Waals surface area contributed by atoms with Gasteiger partial charge >= 0.3 is 0 Å². The van der Waals surface area contributed by atoms with Crippen molar-refractivity contribution in [2.24, 2.45) is 4.99 Å². The first kappa shape index (κ1) is 25.9. The minimum Gasteiger partial charge on any atom is -0.383 e. The van der Waals surface area contributed by atoms with Gasteiger partial charge in [0.1, 0.15) is 0 Å². The lowest BCUT2D eigenvalue weighted by atomic mass is 10.1. The molecule has 1 aliphatic rings. The van der Waals surface area contributed by atoms with Crippen LogP contribution in [0.3, 0.4) is 0 Å². The summed E-state index contributed by atoms with van der Waals surface area (Å²) in [6.07, 6.45) is 9.35. The van der Waals surface area contributed by atoms with E-state index < -0.39 is 0 Å². The van der Waals surface area contributed by atoms with E-state index in [1.165, 1.54) is 38.5 Å². The molecule has 0 saturated heterocycles. The molecule has 0 spiro atoms. The number of hydrogen-bond acceptors (Lipinski definition) is 4. The normalized spacial score (nSPS) is 16.2. The summed E-state index contributed by atoms with van der Waals surface area (Å²) in [5.74, 6) is 0.895. The fourth-order valence-electron chi connectivity index (χ4n) is 3.04. The predicted octanol–water partition coefficient (Wildman–Crippen LogP) is 2.87. The molecule has 6 nitrogen and oxygen atoms in total. The highest BCUT2D eigenvalue weighted by Crippen LogP contribution is 2.19. The molecular weight excluding hydrogens is 443 g/mol. The van der Waals surface area contributed by atoms with E-state index in [9.17, 15) is 0 Å². The number of guanidine groups is 1. The Morgan fingerprint density at radius 3 is 2.46 bits per heavy atom. The maximum absolute atomic E-state index is 6.02. The largest absolute Gasteiger partial charge is 0.383 e. The number of nitrogens with one attached hydrogen (secondary N) is 2. The van der Waals surface area contributed by atoms with E-state index in [1.54, 1.807) is 7.11 Å². The van der Waals surface area contributed by atoms with Crippen LogP contribution in [-0.2, 0) is 9.47 Å². The van der Waals surface area contributed by atoms with Gasteiger partial charge in [-0.25, -0.2) is 0 Å². The Bertz CT molecular complexity index is 338. The molecular formula is C19H41IN4O2. The highest BCUT2D eigenvalue weighted by atomic mass is 127. The molecule has 0 atom stereocenters. The summed E-state index contributed by atoms with van der Waals surface area (Å²) < 4.78 is 11.1. The molecule has 1 fully saturated rings. The van der Waals surface area contributed by atoms with E-state index in [4.69, 9.17) is 9.47 Å². The summed E-state index contributed by atoms with van der Waals surface area (Å²) >= 11 is 0. The molecule has 0 aromatic rings. The van der Waals surface area contributed by atoms with Crippen LogP contribution in [0.1, 0.15) is 51.9 Å². The van der Waals surface area contributed by atoms with Crippen LogP contribution >= 0.6 is 24.0 Å². The van der Waals surface area contributed by atoms with Crippen LogP contribution in [0.25, 0.3) is 0 Å². The summed E-state index contributed by atoms with van der Waals surface area (Å²) in [5.41, 5.74) is 0. The van der Waals surface area contributed by atoms with Gasteiger partial charge in [0, 0.05) is 33.3 Å². The van der Waals surface area contributed by atoms with Gasteiger partial charge in [0.25, 0.3) is 0 Å². The molecule has 0 radical (unpaired) electrons. The third-order valence-corrected chi connectivity index (χ3v) is 4.54. The molecule has 0 heterocycles. The van der Waals surface area contributed by atoms with E-state index in [0.717, 1.165) is 58.3 Å². The van der Waals surface area contributed by atoms with Crippen molar-refractivity contribution in [3.05, 3.63) is 0 Å². The fraction of sp³-hybridized carbons (Fsp3) is 0.947. The quantitative estimate of drug-likeness (QED) is 0.147. The van der Waals surface area contributed by atoms with Gasteiger partial charge in [0.15, 0.2) is 5.96 Å². The Kier molecular flexibility index (Phi) is 18.2. The lowest BCUT2D eigenvalue weighted by Gasteiger charge is -2.17. The molecule has 1 saturated carbocycles. The van der Waals surface area contributed by atoms with Crippen molar-refractivity contribution in [2.75, 3.05) is 60.1 Å². The molecule has 156 valence electrons. The molecule has 0 unspecified atom stereocenters. The SMILES string of the molecule is CCNC(=NCCCN(C)CCOC)NCCOC1CCCCCC1.I. The first-order valence-electron chi connectivity index (χ1n) is 10.1. The minimum absolute atomic E-state index is 0. The van der Waals surface area contributed by atoms with E-state index in [0.29, 0.717) is 6.10 Å². The summed E-state index contributed by atoms with van der Waals surface area (Å²) in [6.45, 7) is 8.17. The van der Waals surface area contributed by atoms with Crippen LogP contribution in [0, 0.1) is 0 Å². The first-order valence-corrected chi connectivity index (χ1v) is 10.1. The lowest BCUT2D eigenvalue weighted by molar-refractivity contribution is 0.0468. The van der Waals surface area contributed by atoms with E-state index in [1.807, 2.05) is 0 Å². The summed E-state index contributed by atoms with van der Waals surface area (Å²) in [5, 5.41) is 6.68. The van der Waals surface area contributed by atoms with Gasteiger partial charge in [-0.3, -0.25) is 4.99 Å². The van der Waals surface area contributed by atoms with Gasteiger partial charge in [-0.15, -0.1) is 24.0 Å². The Balaban J connectivity index is 0.00000625. The van der Waals surface area contributed by atoms with E-state index in [-0.39, 0.29) is 24.0 Å². The van der Waals surface area contributed by atoms with Gasteiger partial charge in [0.2, 0.25) is 0 Å². The van der Waals surface area contributed by atoms with Crippen LogP contribution in [-0.4, -0.2) is 77.1 Å². The standard InChI is InChI=1S/C19H40N4O2.HI/c1-4-20-19(21-12-9-14-23(2)15-17-24-3)22-13-16-25-18-10-7-5-6-8-11-18;/h18H,4-17H2,1-3H3,(H2,20,21,22);1H. The van der Waals surface area contributed by atoms with E-state index >= 15 is 0 Å². The van der Waals surface area contributed by atoms with Crippen LogP contribution in [0.15, 0.2) is 4.99 Å². The van der Waals surface area contributed by atoms with Crippen molar-refractivity contribution in [1.29, 1.82) is 0 Å². The average molecular weight is 484 g/mol. The number of ether oxygens (including phenoxy) is 2. The monoisotopic (exact) mass is 484 g/mol. The molecule has 0 amide bonds. The van der Waals surface area contributed by atoms with Crippen LogP contribution < -0.4 is 10.6 Å². The highest BCUT2D eigenvalue weighted by Gasteiger charge is 2.12. The summed E-state index contributed by atoms with van der Waals surface area (Å²) in [4.78, 5) is 6.92. The minimum atomic E-state index is 0. The zero-order valence-corrected chi connectivity index (χ0v) is 19.4. The number of aliphatic imine (C=N–C) groups is 1.